The number of carboxylic acid groups (broad SMARTS) is 1. The molecule has 0 fully saturated rings. The van der Waals surface area contributed by atoms with Gasteiger partial charge in [-0.25, -0.2) is 9.78 Å². The molecule has 2 N–H and O–H groups in total. The number of carbonyl (C=O) groups excluding carboxylic acids is 1. The van der Waals surface area contributed by atoms with Gasteiger partial charge >= 0.3 is 5.97 Å². The van der Waals surface area contributed by atoms with Crippen LogP contribution in [0, 0.1) is 0 Å². The summed E-state index contributed by atoms with van der Waals surface area (Å²) in [4.78, 5) is 31.2. The smallest absolute Gasteiger partial charge is 0.337 e. The highest BCUT2D eigenvalue weighted by molar-refractivity contribution is 5.94. The Labute approximate surface area is 143 Å². The summed E-state index contributed by atoms with van der Waals surface area (Å²) in [6.45, 7) is 0.406. The van der Waals surface area contributed by atoms with Crippen LogP contribution in [-0.2, 0) is 6.54 Å². The molecule has 25 heavy (non-hydrogen) atoms. The molecule has 0 saturated carbocycles. The monoisotopic (exact) mass is 337 g/mol. The molecule has 1 aromatic carbocycles. The number of rotatable bonds is 6. The van der Waals surface area contributed by atoms with Crippen LogP contribution in [0.2, 0.25) is 0 Å². The molecule has 8 nitrogen and oxygen atoms in total. The largest absolute Gasteiger partial charge is 0.478 e. The molecule has 0 bridgehead atoms. The fraction of sp³-hybridized carbons (Fsp3) is 0.118. The van der Waals surface area contributed by atoms with Crippen molar-refractivity contribution in [1.82, 2.24) is 25.1 Å². The van der Waals surface area contributed by atoms with E-state index in [-0.39, 0.29) is 17.3 Å². The molecule has 2 heterocycles. The molecule has 0 aliphatic carbocycles. The summed E-state index contributed by atoms with van der Waals surface area (Å²) in [5.74, 6) is -1.49. The van der Waals surface area contributed by atoms with Crippen LogP contribution in [0.4, 0.5) is 0 Å². The van der Waals surface area contributed by atoms with Crippen LogP contribution in [0.25, 0.3) is 0 Å². The van der Waals surface area contributed by atoms with Gasteiger partial charge in [0, 0.05) is 6.20 Å². The van der Waals surface area contributed by atoms with E-state index in [0.717, 1.165) is 11.8 Å². The van der Waals surface area contributed by atoms with E-state index >= 15 is 0 Å². The molecule has 3 rings (SSSR count). The number of benzene rings is 1. The maximum absolute atomic E-state index is 12.5. The maximum Gasteiger partial charge on any atom is 0.337 e. The lowest BCUT2D eigenvalue weighted by molar-refractivity contribution is 0.0695. The van der Waals surface area contributed by atoms with E-state index in [1.165, 1.54) is 18.5 Å². The van der Waals surface area contributed by atoms with E-state index in [4.69, 9.17) is 5.11 Å². The van der Waals surface area contributed by atoms with Crippen molar-refractivity contribution in [2.24, 2.45) is 0 Å². The Balaban J connectivity index is 1.79. The van der Waals surface area contributed by atoms with E-state index in [2.05, 4.69) is 20.4 Å². The average molecular weight is 337 g/mol. The summed E-state index contributed by atoms with van der Waals surface area (Å²) in [5, 5.41) is 15.9. The molecule has 1 unspecified atom stereocenters. The number of aromatic nitrogens is 4. The molecule has 2 aromatic heterocycles. The maximum atomic E-state index is 12.5. The minimum atomic E-state index is -1.09. The second kappa shape index (κ2) is 7.35. The molecule has 0 aliphatic rings. The molecule has 0 saturated heterocycles. The van der Waals surface area contributed by atoms with Gasteiger partial charge < -0.3 is 10.4 Å². The lowest BCUT2D eigenvalue weighted by atomic mass is 10.1. The van der Waals surface area contributed by atoms with Crippen molar-refractivity contribution in [2.75, 3.05) is 0 Å². The normalized spacial score (nSPS) is 11.7. The van der Waals surface area contributed by atoms with Gasteiger partial charge in [0.05, 0.1) is 18.2 Å². The molecule has 1 atom stereocenters. The summed E-state index contributed by atoms with van der Waals surface area (Å²) < 4.78 is 1.62. The van der Waals surface area contributed by atoms with Crippen molar-refractivity contribution in [1.29, 1.82) is 0 Å². The van der Waals surface area contributed by atoms with Crippen LogP contribution < -0.4 is 5.32 Å². The average Bonchev–Trinajstić information content (AvgIpc) is 3.15. The van der Waals surface area contributed by atoms with Crippen molar-refractivity contribution in [3.05, 3.63) is 78.1 Å². The SMILES string of the molecule is O=C(O)c1ccc(C(=O)NC(Cn2cncn2)c2ccccc2)nc1. The minimum Gasteiger partial charge on any atom is -0.478 e. The van der Waals surface area contributed by atoms with Gasteiger partial charge in [-0.1, -0.05) is 30.3 Å². The Morgan fingerprint density at radius 1 is 1.16 bits per heavy atom. The summed E-state index contributed by atoms with van der Waals surface area (Å²) >= 11 is 0. The topological polar surface area (TPSA) is 110 Å². The third kappa shape index (κ3) is 4.05. The predicted octanol–water partition coefficient (Wildman–Crippen LogP) is 1.54. The molecule has 0 aliphatic heterocycles. The molecular formula is C17H15N5O3. The predicted molar refractivity (Wildman–Crippen MR) is 87.9 cm³/mol. The lowest BCUT2D eigenvalue weighted by Gasteiger charge is -2.19. The van der Waals surface area contributed by atoms with Gasteiger partial charge in [-0.15, -0.1) is 0 Å². The standard InChI is InChI=1S/C17H15N5O3/c23-16(14-7-6-13(8-19-14)17(24)25)21-15(9-22-11-18-10-20-22)12-4-2-1-3-5-12/h1-8,10-11,15H,9H2,(H,21,23)(H,24,25). The fourth-order valence-corrected chi connectivity index (χ4v) is 2.32. The highest BCUT2D eigenvalue weighted by Crippen LogP contribution is 2.15. The highest BCUT2D eigenvalue weighted by atomic mass is 16.4. The van der Waals surface area contributed by atoms with Gasteiger partial charge in [0.25, 0.3) is 5.91 Å². The van der Waals surface area contributed by atoms with Gasteiger partial charge in [0.15, 0.2) is 0 Å². The van der Waals surface area contributed by atoms with Crippen LogP contribution in [0.1, 0.15) is 32.5 Å². The molecule has 3 aromatic rings. The van der Waals surface area contributed by atoms with Crippen molar-refractivity contribution in [3.63, 3.8) is 0 Å². The third-order valence-corrected chi connectivity index (χ3v) is 3.59. The van der Waals surface area contributed by atoms with E-state index in [1.54, 1.807) is 11.0 Å². The number of carboxylic acids is 1. The Kier molecular flexibility index (Phi) is 4.79. The lowest BCUT2D eigenvalue weighted by Crippen LogP contribution is -2.32. The van der Waals surface area contributed by atoms with Crippen molar-refractivity contribution >= 4 is 11.9 Å². The second-order valence-corrected chi connectivity index (χ2v) is 5.29. The first kappa shape index (κ1) is 16.3. The van der Waals surface area contributed by atoms with Crippen molar-refractivity contribution < 1.29 is 14.7 Å². The van der Waals surface area contributed by atoms with E-state index in [9.17, 15) is 9.59 Å². The van der Waals surface area contributed by atoms with Gasteiger partial charge in [0.2, 0.25) is 0 Å². The van der Waals surface area contributed by atoms with Crippen LogP contribution >= 0.6 is 0 Å². The zero-order valence-corrected chi connectivity index (χ0v) is 13.1. The number of carbonyl (C=O) groups is 2. The van der Waals surface area contributed by atoms with Gasteiger partial charge in [-0.05, 0) is 17.7 Å². The molecule has 126 valence electrons. The molecular weight excluding hydrogens is 322 g/mol. The number of aromatic carboxylic acids is 1. The van der Waals surface area contributed by atoms with Crippen LogP contribution in [0.5, 0.6) is 0 Å². The van der Waals surface area contributed by atoms with Gasteiger partial charge in [-0.2, -0.15) is 5.10 Å². The first-order valence-electron chi connectivity index (χ1n) is 7.51. The van der Waals surface area contributed by atoms with E-state index in [1.807, 2.05) is 30.3 Å². The fourth-order valence-electron chi connectivity index (χ4n) is 2.32. The quantitative estimate of drug-likeness (QED) is 0.706. The molecule has 1 amide bonds. The minimum absolute atomic E-state index is 0.0266. The Morgan fingerprint density at radius 3 is 2.56 bits per heavy atom. The highest BCUT2D eigenvalue weighted by Gasteiger charge is 2.18. The van der Waals surface area contributed by atoms with E-state index < -0.39 is 11.9 Å². The number of nitrogens with one attached hydrogen (secondary N) is 1. The Morgan fingerprint density at radius 2 is 1.96 bits per heavy atom. The summed E-state index contributed by atoms with van der Waals surface area (Å²) in [6.07, 6.45) is 4.16. The zero-order valence-electron chi connectivity index (χ0n) is 13.1. The van der Waals surface area contributed by atoms with Gasteiger partial charge in [0.1, 0.15) is 18.3 Å². The van der Waals surface area contributed by atoms with Crippen LogP contribution in [0.15, 0.2) is 61.3 Å². The first-order valence-corrected chi connectivity index (χ1v) is 7.51. The number of amides is 1. The van der Waals surface area contributed by atoms with Crippen LogP contribution in [-0.4, -0.2) is 36.7 Å². The molecule has 0 radical (unpaired) electrons. The number of pyridine rings is 1. The zero-order chi connectivity index (χ0) is 17.6. The van der Waals surface area contributed by atoms with Crippen LogP contribution in [0.3, 0.4) is 0 Å². The Bertz CT molecular complexity index is 848. The second-order valence-electron chi connectivity index (χ2n) is 5.29. The number of nitrogens with zero attached hydrogens (tertiary/aromatic N) is 4. The number of hydrogen-bond acceptors (Lipinski definition) is 5. The summed E-state index contributed by atoms with van der Waals surface area (Å²) in [7, 11) is 0. The van der Waals surface area contributed by atoms with Gasteiger partial charge in [-0.3, -0.25) is 14.5 Å². The molecule has 8 heteroatoms. The number of hydrogen-bond donors (Lipinski definition) is 2. The Hall–Kier alpha value is -3.55. The molecule has 0 spiro atoms. The van der Waals surface area contributed by atoms with Crippen molar-refractivity contribution in [3.8, 4) is 0 Å². The summed E-state index contributed by atoms with van der Waals surface area (Å²) in [5.41, 5.74) is 1.08. The third-order valence-electron chi connectivity index (χ3n) is 3.59. The first-order chi connectivity index (χ1) is 12.1. The van der Waals surface area contributed by atoms with Crippen molar-refractivity contribution in [2.45, 2.75) is 12.6 Å². The summed E-state index contributed by atoms with van der Waals surface area (Å²) in [6, 6.07) is 11.9. The van der Waals surface area contributed by atoms with E-state index in [0.29, 0.717) is 6.54 Å².